The van der Waals surface area contributed by atoms with Gasteiger partial charge in [0, 0.05) is 18.1 Å². The summed E-state index contributed by atoms with van der Waals surface area (Å²) in [5.74, 6) is -0.774. The Labute approximate surface area is 195 Å². The maximum absolute atomic E-state index is 13.4. The van der Waals surface area contributed by atoms with Gasteiger partial charge < -0.3 is 10.2 Å². The highest BCUT2D eigenvalue weighted by Crippen LogP contribution is 2.23. The minimum absolute atomic E-state index is 0.141. The number of aryl methyl sites for hydroxylation is 1. The van der Waals surface area contributed by atoms with Crippen LogP contribution in [-0.4, -0.2) is 50.5 Å². The van der Waals surface area contributed by atoms with Gasteiger partial charge in [-0.05, 0) is 49.6 Å². The van der Waals surface area contributed by atoms with Crippen LogP contribution in [0.1, 0.15) is 31.4 Å². The molecule has 9 heteroatoms. The SMILES string of the molecule is CCCNC(=O)C(C)N(Cc1ccc(Cl)cc1)C(=O)CN(c1ccccc1C)S(C)(=O)=O. The van der Waals surface area contributed by atoms with Crippen LogP contribution in [0.4, 0.5) is 5.69 Å². The molecule has 32 heavy (non-hydrogen) atoms. The molecule has 7 nitrogen and oxygen atoms in total. The molecular weight excluding hydrogens is 450 g/mol. The van der Waals surface area contributed by atoms with Gasteiger partial charge in [0.25, 0.3) is 0 Å². The molecule has 0 aromatic heterocycles. The quantitative estimate of drug-likeness (QED) is 0.566. The molecule has 0 spiro atoms. The van der Waals surface area contributed by atoms with Crippen molar-refractivity contribution in [3.63, 3.8) is 0 Å². The zero-order valence-corrected chi connectivity index (χ0v) is 20.4. The van der Waals surface area contributed by atoms with Crippen LogP contribution in [0.25, 0.3) is 0 Å². The highest BCUT2D eigenvalue weighted by molar-refractivity contribution is 7.92. The van der Waals surface area contributed by atoms with Crippen LogP contribution < -0.4 is 9.62 Å². The molecule has 0 saturated carbocycles. The number of hydrogen-bond donors (Lipinski definition) is 1. The Morgan fingerprint density at radius 2 is 1.72 bits per heavy atom. The van der Waals surface area contributed by atoms with Gasteiger partial charge in [0.2, 0.25) is 21.8 Å². The number of carbonyl (C=O) groups is 2. The predicted molar refractivity (Wildman–Crippen MR) is 128 cm³/mol. The third-order valence-electron chi connectivity index (χ3n) is 5.05. The smallest absolute Gasteiger partial charge is 0.244 e. The normalized spacial score (nSPS) is 12.2. The Balaban J connectivity index is 2.37. The summed E-state index contributed by atoms with van der Waals surface area (Å²) in [7, 11) is -3.74. The van der Waals surface area contributed by atoms with Crippen LogP contribution in [-0.2, 0) is 26.2 Å². The summed E-state index contributed by atoms with van der Waals surface area (Å²) in [6.45, 7) is 5.57. The summed E-state index contributed by atoms with van der Waals surface area (Å²) >= 11 is 5.96. The summed E-state index contributed by atoms with van der Waals surface area (Å²) < 4.78 is 26.2. The van der Waals surface area contributed by atoms with Crippen molar-refractivity contribution in [3.05, 3.63) is 64.7 Å². The lowest BCUT2D eigenvalue weighted by Crippen LogP contribution is -2.51. The zero-order chi connectivity index (χ0) is 23.9. The number of carbonyl (C=O) groups excluding carboxylic acids is 2. The lowest BCUT2D eigenvalue weighted by atomic mass is 10.1. The first-order valence-electron chi connectivity index (χ1n) is 10.4. The number of amides is 2. The molecule has 0 aliphatic rings. The van der Waals surface area contributed by atoms with E-state index in [1.54, 1.807) is 62.4 Å². The number of hydrogen-bond acceptors (Lipinski definition) is 4. The number of anilines is 1. The topological polar surface area (TPSA) is 86.8 Å². The first-order valence-corrected chi connectivity index (χ1v) is 12.6. The van der Waals surface area contributed by atoms with Gasteiger partial charge in [0.05, 0.1) is 11.9 Å². The Hall–Kier alpha value is -2.58. The van der Waals surface area contributed by atoms with Gasteiger partial charge in [0.1, 0.15) is 12.6 Å². The molecule has 174 valence electrons. The molecule has 1 N–H and O–H groups in total. The molecule has 2 aromatic rings. The van der Waals surface area contributed by atoms with E-state index in [4.69, 9.17) is 11.6 Å². The number of para-hydroxylation sites is 1. The molecule has 2 aromatic carbocycles. The van der Waals surface area contributed by atoms with Crippen LogP contribution in [0, 0.1) is 6.92 Å². The maximum atomic E-state index is 13.4. The number of halogens is 1. The van der Waals surface area contributed by atoms with E-state index in [0.29, 0.717) is 17.3 Å². The van der Waals surface area contributed by atoms with Gasteiger partial charge in [0.15, 0.2) is 0 Å². The van der Waals surface area contributed by atoms with Gasteiger partial charge in [-0.15, -0.1) is 0 Å². The number of rotatable bonds is 10. The second-order valence-electron chi connectivity index (χ2n) is 7.67. The summed E-state index contributed by atoms with van der Waals surface area (Å²) in [6, 6.07) is 13.1. The van der Waals surface area contributed by atoms with Crippen LogP contribution >= 0.6 is 11.6 Å². The third kappa shape index (κ3) is 6.97. The van der Waals surface area contributed by atoms with Gasteiger partial charge in [-0.3, -0.25) is 13.9 Å². The molecule has 0 heterocycles. The maximum Gasteiger partial charge on any atom is 0.244 e. The minimum Gasteiger partial charge on any atom is -0.354 e. The number of benzene rings is 2. The molecule has 0 saturated heterocycles. The summed E-state index contributed by atoms with van der Waals surface area (Å²) in [6.07, 6.45) is 1.83. The zero-order valence-electron chi connectivity index (χ0n) is 18.8. The second-order valence-corrected chi connectivity index (χ2v) is 10.0. The summed E-state index contributed by atoms with van der Waals surface area (Å²) in [5, 5.41) is 3.36. The molecule has 1 unspecified atom stereocenters. The average Bonchev–Trinajstić information content (AvgIpc) is 2.74. The van der Waals surface area contributed by atoms with Crippen molar-refractivity contribution >= 4 is 39.1 Å². The van der Waals surface area contributed by atoms with E-state index in [-0.39, 0.29) is 12.5 Å². The molecule has 0 fully saturated rings. The van der Waals surface area contributed by atoms with Crippen LogP contribution in [0.3, 0.4) is 0 Å². The number of sulfonamides is 1. The van der Waals surface area contributed by atoms with Gasteiger partial charge in [-0.25, -0.2) is 8.42 Å². The lowest BCUT2D eigenvalue weighted by Gasteiger charge is -2.32. The monoisotopic (exact) mass is 479 g/mol. The fourth-order valence-corrected chi connectivity index (χ4v) is 4.24. The molecule has 2 amide bonds. The van der Waals surface area contributed by atoms with Crippen molar-refractivity contribution in [1.82, 2.24) is 10.2 Å². The van der Waals surface area contributed by atoms with E-state index in [1.165, 1.54) is 4.90 Å². The molecule has 2 rings (SSSR count). The molecule has 1 atom stereocenters. The Kier molecular flexibility index (Phi) is 9.09. The van der Waals surface area contributed by atoms with E-state index < -0.39 is 28.5 Å². The van der Waals surface area contributed by atoms with E-state index in [9.17, 15) is 18.0 Å². The van der Waals surface area contributed by atoms with E-state index >= 15 is 0 Å². The fraction of sp³-hybridized carbons (Fsp3) is 0.391. The molecule has 0 radical (unpaired) electrons. The van der Waals surface area contributed by atoms with Gasteiger partial charge in [-0.2, -0.15) is 0 Å². The van der Waals surface area contributed by atoms with Gasteiger partial charge >= 0.3 is 0 Å². The Morgan fingerprint density at radius 1 is 1.09 bits per heavy atom. The number of nitrogens with one attached hydrogen (secondary N) is 1. The predicted octanol–water partition coefficient (Wildman–Crippen LogP) is 3.36. The third-order valence-corrected chi connectivity index (χ3v) is 6.42. The van der Waals surface area contributed by atoms with E-state index in [0.717, 1.165) is 28.1 Å². The molecule has 0 aliphatic heterocycles. The van der Waals surface area contributed by atoms with E-state index in [2.05, 4.69) is 5.32 Å². The van der Waals surface area contributed by atoms with Crippen molar-refractivity contribution in [1.29, 1.82) is 0 Å². The number of nitrogens with zero attached hydrogens (tertiary/aromatic N) is 2. The standard InChI is InChI=1S/C23H30ClN3O4S/c1-5-14-25-23(29)18(3)26(15-19-10-12-20(24)13-11-19)22(28)16-27(32(4,30)31)21-9-7-6-8-17(21)2/h6-13,18H,5,14-16H2,1-4H3,(H,25,29). The van der Waals surface area contributed by atoms with E-state index in [1.807, 2.05) is 6.92 Å². The first-order chi connectivity index (χ1) is 15.0. The fourth-order valence-electron chi connectivity index (χ4n) is 3.20. The Morgan fingerprint density at radius 3 is 2.28 bits per heavy atom. The van der Waals surface area contributed by atoms with Crippen LogP contribution in [0.15, 0.2) is 48.5 Å². The first kappa shape index (κ1) is 25.7. The highest BCUT2D eigenvalue weighted by atomic mass is 35.5. The van der Waals surface area contributed by atoms with Crippen LogP contribution in [0.5, 0.6) is 0 Å². The molecule has 0 aliphatic carbocycles. The van der Waals surface area contributed by atoms with Gasteiger partial charge in [-0.1, -0.05) is 48.9 Å². The average molecular weight is 480 g/mol. The largest absolute Gasteiger partial charge is 0.354 e. The van der Waals surface area contributed by atoms with Crippen molar-refractivity contribution in [2.45, 2.75) is 39.8 Å². The summed E-state index contributed by atoms with van der Waals surface area (Å²) in [4.78, 5) is 27.4. The van der Waals surface area contributed by atoms with Crippen LogP contribution in [0.2, 0.25) is 5.02 Å². The highest BCUT2D eigenvalue weighted by Gasteiger charge is 2.30. The van der Waals surface area contributed by atoms with Crippen molar-refractivity contribution < 1.29 is 18.0 Å². The summed E-state index contributed by atoms with van der Waals surface area (Å²) in [5.41, 5.74) is 1.93. The van der Waals surface area contributed by atoms with Crippen molar-refractivity contribution in [2.24, 2.45) is 0 Å². The minimum atomic E-state index is -3.74. The van der Waals surface area contributed by atoms with Crippen molar-refractivity contribution in [3.8, 4) is 0 Å². The molecular formula is C23H30ClN3O4S. The molecule has 0 bridgehead atoms. The second kappa shape index (κ2) is 11.3. The lowest BCUT2D eigenvalue weighted by molar-refractivity contribution is -0.139. The Bertz CT molecular complexity index is 1040. The van der Waals surface area contributed by atoms with Crippen molar-refractivity contribution in [2.75, 3.05) is 23.7 Å².